The third kappa shape index (κ3) is 4.84. The first-order valence-electron chi connectivity index (χ1n) is 9.17. The second-order valence-electron chi connectivity index (χ2n) is 6.75. The molecule has 0 aliphatic carbocycles. The molecule has 0 amide bonds. The molecule has 0 fully saturated rings. The standard InChI is InChI=1S/C20H24N6O3S2/c1-25(2)31(27)17-11-16(29-4)15(28-3)9-13(17)10-18(22)26-20(23)30-19(24-26)12-6-5-7-14(21)8-12/h5-9,11,22-23H,10,21H2,1-4H3. The second kappa shape index (κ2) is 9.41. The lowest BCUT2D eigenvalue weighted by Crippen LogP contribution is -2.26. The van der Waals surface area contributed by atoms with E-state index in [0.29, 0.717) is 32.7 Å². The van der Waals surface area contributed by atoms with Crippen molar-refractivity contribution in [2.75, 3.05) is 34.0 Å². The van der Waals surface area contributed by atoms with E-state index in [1.54, 1.807) is 42.7 Å². The predicted octanol–water partition coefficient (Wildman–Crippen LogP) is 2.34. The van der Waals surface area contributed by atoms with Crippen LogP contribution >= 0.6 is 11.3 Å². The highest BCUT2D eigenvalue weighted by Gasteiger charge is 2.20. The number of ether oxygens (including phenoxy) is 2. The maximum Gasteiger partial charge on any atom is 0.206 e. The highest BCUT2D eigenvalue weighted by Crippen LogP contribution is 2.33. The summed E-state index contributed by atoms with van der Waals surface area (Å²) in [5.41, 5.74) is 7.86. The summed E-state index contributed by atoms with van der Waals surface area (Å²) in [7, 11) is 4.98. The van der Waals surface area contributed by atoms with Gasteiger partial charge < -0.3 is 15.2 Å². The van der Waals surface area contributed by atoms with Gasteiger partial charge in [-0.25, -0.2) is 8.51 Å². The second-order valence-corrected chi connectivity index (χ2v) is 9.40. The molecule has 0 aliphatic heterocycles. The van der Waals surface area contributed by atoms with E-state index in [0.717, 1.165) is 16.9 Å². The number of nitrogens with zero attached hydrogens (tertiary/aromatic N) is 3. The number of nitrogen functional groups attached to an aromatic ring is 1. The smallest absolute Gasteiger partial charge is 0.206 e. The minimum Gasteiger partial charge on any atom is -0.493 e. The molecule has 0 saturated carbocycles. The summed E-state index contributed by atoms with van der Waals surface area (Å²) in [6, 6.07) is 10.6. The zero-order chi connectivity index (χ0) is 22.7. The van der Waals surface area contributed by atoms with Crippen LogP contribution in [0.15, 0.2) is 41.3 Å². The van der Waals surface area contributed by atoms with Crippen LogP contribution in [-0.4, -0.2) is 52.4 Å². The minimum atomic E-state index is -1.46. The lowest BCUT2D eigenvalue weighted by atomic mass is 10.1. The highest BCUT2D eigenvalue weighted by atomic mass is 32.2. The Morgan fingerprint density at radius 2 is 1.90 bits per heavy atom. The molecular formula is C20H24N6O3S2. The first kappa shape index (κ1) is 22.7. The van der Waals surface area contributed by atoms with E-state index in [4.69, 9.17) is 26.0 Å². The zero-order valence-electron chi connectivity index (χ0n) is 17.6. The van der Waals surface area contributed by atoms with Gasteiger partial charge in [0, 0.05) is 23.7 Å². The Kier molecular flexibility index (Phi) is 6.88. The molecule has 11 heteroatoms. The van der Waals surface area contributed by atoms with Crippen LogP contribution in [-0.2, 0) is 17.4 Å². The Morgan fingerprint density at radius 1 is 1.23 bits per heavy atom. The molecule has 164 valence electrons. The summed E-state index contributed by atoms with van der Waals surface area (Å²) >= 11 is 1.15. The van der Waals surface area contributed by atoms with Crippen molar-refractivity contribution in [2.45, 2.75) is 11.3 Å². The zero-order valence-corrected chi connectivity index (χ0v) is 19.3. The topological polar surface area (TPSA) is 130 Å². The molecule has 4 N–H and O–H groups in total. The van der Waals surface area contributed by atoms with Crippen LogP contribution in [0.25, 0.3) is 10.6 Å². The fraction of sp³-hybridized carbons (Fsp3) is 0.250. The molecule has 3 rings (SSSR count). The first-order chi connectivity index (χ1) is 14.7. The molecule has 3 aromatic rings. The monoisotopic (exact) mass is 460 g/mol. The normalized spacial score (nSPS) is 12.0. The van der Waals surface area contributed by atoms with Crippen LogP contribution in [0.4, 0.5) is 5.69 Å². The van der Waals surface area contributed by atoms with Crippen LogP contribution in [0.5, 0.6) is 11.5 Å². The number of nitrogens with two attached hydrogens (primary N) is 1. The van der Waals surface area contributed by atoms with Gasteiger partial charge in [0.2, 0.25) is 4.80 Å². The van der Waals surface area contributed by atoms with Crippen molar-refractivity contribution in [1.29, 1.82) is 10.8 Å². The van der Waals surface area contributed by atoms with Gasteiger partial charge in [0.15, 0.2) is 11.5 Å². The SMILES string of the molecule is COc1cc(CC(=N)n2nc(-c3cccc(N)c3)sc2=N)c(S(=O)N(C)C)cc1OC. The van der Waals surface area contributed by atoms with E-state index in [9.17, 15) is 4.21 Å². The lowest BCUT2D eigenvalue weighted by molar-refractivity contribution is 0.353. The Hall–Kier alpha value is -3.02. The summed E-state index contributed by atoms with van der Waals surface area (Å²) in [5.74, 6) is 0.995. The quantitative estimate of drug-likeness (QED) is 0.283. The van der Waals surface area contributed by atoms with Gasteiger partial charge in [0.1, 0.15) is 21.8 Å². The van der Waals surface area contributed by atoms with Crippen molar-refractivity contribution < 1.29 is 13.7 Å². The van der Waals surface area contributed by atoms with Crippen LogP contribution in [0.1, 0.15) is 5.56 Å². The molecule has 31 heavy (non-hydrogen) atoms. The molecule has 0 spiro atoms. The number of hydrogen-bond donors (Lipinski definition) is 3. The average molecular weight is 461 g/mol. The molecule has 1 heterocycles. The Balaban J connectivity index is 2.00. The molecular weight excluding hydrogens is 436 g/mol. The third-order valence-electron chi connectivity index (χ3n) is 4.41. The van der Waals surface area contributed by atoms with E-state index >= 15 is 0 Å². The maximum atomic E-state index is 12.8. The van der Waals surface area contributed by atoms with Gasteiger partial charge in [-0.15, -0.1) is 0 Å². The van der Waals surface area contributed by atoms with Gasteiger partial charge in [-0.05, 0) is 37.9 Å². The average Bonchev–Trinajstić information content (AvgIpc) is 3.14. The number of rotatable bonds is 7. The first-order valence-corrected chi connectivity index (χ1v) is 11.1. The van der Waals surface area contributed by atoms with E-state index < -0.39 is 11.0 Å². The van der Waals surface area contributed by atoms with E-state index in [1.165, 1.54) is 18.9 Å². The molecule has 0 bridgehead atoms. The van der Waals surface area contributed by atoms with Crippen molar-refractivity contribution >= 4 is 33.8 Å². The van der Waals surface area contributed by atoms with E-state index in [1.807, 2.05) is 12.1 Å². The molecule has 1 atom stereocenters. The molecule has 0 radical (unpaired) electrons. The van der Waals surface area contributed by atoms with Gasteiger partial charge in [-0.2, -0.15) is 9.78 Å². The van der Waals surface area contributed by atoms with Gasteiger partial charge in [0.05, 0.1) is 19.1 Å². The number of nitrogens with one attached hydrogen (secondary N) is 2. The largest absolute Gasteiger partial charge is 0.493 e. The lowest BCUT2D eigenvalue weighted by Gasteiger charge is -2.17. The third-order valence-corrected chi connectivity index (χ3v) is 6.71. The van der Waals surface area contributed by atoms with Crippen LogP contribution in [0.3, 0.4) is 0 Å². The molecule has 1 aromatic heterocycles. The van der Waals surface area contributed by atoms with E-state index in [-0.39, 0.29) is 17.1 Å². The number of hydrogen-bond acceptors (Lipinski definition) is 8. The summed E-state index contributed by atoms with van der Waals surface area (Å²) in [6.07, 6.45) is 0.103. The van der Waals surface area contributed by atoms with Crippen LogP contribution in [0, 0.1) is 10.8 Å². The summed E-state index contributed by atoms with van der Waals surface area (Å²) < 4.78 is 26.4. The summed E-state index contributed by atoms with van der Waals surface area (Å²) in [6.45, 7) is 0. The summed E-state index contributed by atoms with van der Waals surface area (Å²) in [4.78, 5) is 0.615. The number of anilines is 1. The summed E-state index contributed by atoms with van der Waals surface area (Å²) in [5, 5.41) is 21.9. The maximum absolute atomic E-state index is 12.8. The molecule has 0 saturated heterocycles. The van der Waals surface area contributed by atoms with Crippen LogP contribution < -0.4 is 20.0 Å². The van der Waals surface area contributed by atoms with Crippen molar-refractivity contribution in [3.63, 3.8) is 0 Å². The van der Waals surface area contributed by atoms with Gasteiger partial charge in [-0.1, -0.05) is 23.5 Å². The van der Waals surface area contributed by atoms with Gasteiger partial charge >= 0.3 is 0 Å². The van der Waals surface area contributed by atoms with Crippen molar-refractivity contribution in [3.05, 3.63) is 46.8 Å². The van der Waals surface area contributed by atoms with Crippen molar-refractivity contribution in [1.82, 2.24) is 14.1 Å². The number of benzene rings is 2. The number of methoxy groups -OCH3 is 2. The fourth-order valence-electron chi connectivity index (χ4n) is 2.92. The Bertz CT molecular complexity index is 1200. The molecule has 0 aliphatic rings. The molecule has 2 aromatic carbocycles. The fourth-order valence-corrected chi connectivity index (χ4v) is 4.66. The Morgan fingerprint density at radius 3 is 2.52 bits per heavy atom. The van der Waals surface area contributed by atoms with Gasteiger partial charge in [0.25, 0.3) is 0 Å². The number of aromatic nitrogens is 2. The van der Waals surface area contributed by atoms with Crippen molar-refractivity contribution in [3.8, 4) is 22.1 Å². The minimum absolute atomic E-state index is 0.0700. The van der Waals surface area contributed by atoms with Crippen molar-refractivity contribution in [2.24, 2.45) is 0 Å². The van der Waals surface area contributed by atoms with E-state index in [2.05, 4.69) is 5.10 Å². The molecule has 9 nitrogen and oxygen atoms in total. The predicted molar refractivity (Wildman–Crippen MR) is 122 cm³/mol. The van der Waals surface area contributed by atoms with Gasteiger partial charge in [-0.3, -0.25) is 10.8 Å². The molecule has 1 unspecified atom stereocenters. The Labute approximate surface area is 186 Å². The highest BCUT2D eigenvalue weighted by molar-refractivity contribution is 7.82. The van der Waals surface area contributed by atoms with Crippen LogP contribution in [0.2, 0.25) is 0 Å².